The number of amides is 1. The predicted molar refractivity (Wildman–Crippen MR) is 134 cm³/mol. The number of halogens is 1. The summed E-state index contributed by atoms with van der Waals surface area (Å²) in [7, 11) is -2.26. The number of methoxy groups -OCH3 is 1. The second-order valence-corrected chi connectivity index (χ2v) is 11.4. The van der Waals surface area contributed by atoms with Gasteiger partial charge in [-0.1, -0.05) is 23.7 Å². The van der Waals surface area contributed by atoms with Gasteiger partial charge in [-0.05, 0) is 62.1 Å². The van der Waals surface area contributed by atoms with E-state index < -0.39 is 10.0 Å². The normalized spacial score (nSPS) is 19.8. The number of carbonyl (C=O) groups is 1. The van der Waals surface area contributed by atoms with Crippen molar-refractivity contribution in [3.8, 4) is 5.75 Å². The number of anilines is 1. The van der Waals surface area contributed by atoms with Crippen molar-refractivity contribution in [3.05, 3.63) is 52.5 Å². The van der Waals surface area contributed by atoms with Gasteiger partial charge in [0.25, 0.3) is 0 Å². The van der Waals surface area contributed by atoms with Crippen LogP contribution in [-0.2, 0) is 14.8 Å². The maximum absolute atomic E-state index is 13.3. The average molecular weight is 506 g/mol. The van der Waals surface area contributed by atoms with Gasteiger partial charge in [0.2, 0.25) is 15.9 Å². The van der Waals surface area contributed by atoms with E-state index in [-0.39, 0.29) is 28.3 Å². The van der Waals surface area contributed by atoms with E-state index in [9.17, 15) is 13.2 Å². The molecule has 34 heavy (non-hydrogen) atoms. The molecule has 2 heterocycles. The van der Waals surface area contributed by atoms with Crippen molar-refractivity contribution < 1.29 is 17.9 Å². The summed E-state index contributed by atoms with van der Waals surface area (Å²) in [6.07, 6.45) is 1.35. The van der Waals surface area contributed by atoms with E-state index >= 15 is 0 Å². The number of rotatable bonds is 5. The van der Waals surface area contributed by atoms with Crippen molar-refractivity contribution in [2.75, 3.05) is 51.3 Å². The maximum Gasteiger partial charge on any atom is 0.243 e. The van der Waals surface area contributed by atoms with Gasteiger partial charge in [0.1, 0.15) is 5.75 Å². The van der Waals surface area contributed by atoms with Gasteiger partial charge in [-0.2, -0.15) is 4.31 Å². The molecular weight excluding hydrogens is 474 g/mol. The third-order valence-electron chi connectivity index (χ3n) is 7.00. The minimum Gasteiger partial charge on any atom is -0.495 e. The SMILES string of the molecule is COc1ccc(S(=O)(=O)N2CCC[C@H](C(=O)N3CCN(c4cccc(C)c4C)CC3)C2)cc1Cl. The topological polar surface area (TPSA) is 70.2 Å². The molecule has 0 aliphatic carbocycles. The number of sulfonamides is 1. The number of nitrogens with zero attached hydrogens (tertiary/aromatic N) is 3. The number of piperidine rings is 1. The van der Waals surface area contributed by atoms with E-state index in [1.165, 1.54) is 40.4 Å². The smallest absolute Gasteiger partial charge is 0.243 e. The van der Waals surface area contributed by atoms with Crippen LogP contribution >= 0.6 is 11.6 Å². The Bertz CT molecular complexity index is 1160. The number of piperazine rings is 1. The number of hydrogen-bond donors (Lipinski definition) is 0. The summed E-state index contributed by atoms with van der Waals surface area (Å²) in [6, 6.07) is 10.8. The second kappa shape index (κ2) is 10.1. The molecule has 2 aromatic rings. The fraction of sp³-hybridized carbons (Fsp3) is 0.480. The zero-order valence-electron chi connectivity index (χ0n) is 20.0. The molecule has 2 saturated heterocycles. The lowest BCUT2D eigenvalue weighted by atomic mass is 9.97. The number of ether oxygens (including phenoxy) is 1. The predicted octanol–water partition coefficient (Wildman–Crippen LogP) is 3.71. The molecule has 9 heteroatoms. The van der Waals surface area contributed by atoms with Crippen LogP contribution in [0.1, 0.15) is 24.0 Å². The van der Waals surface area contributed by atoms with Crippen molar-refractivity contribution in [1.29, 1.82) is 0 Å². The molecule has 7 nitrogen and oxygen atoms in total. The van der Waals surface area contributed by atoms with Gasteiger partial charge in [0.15, 0.2) is 0 Å². The molecule has 1 atom stereocenters. The third kappa shape index (κ3) is 4.90. The quantitative estimate of drug-likeness (QED) is 0.619. The van der Waals surface area contributed by atoms with Gasteiger partial charge in [-0.15, -0.1) is 0 Å². The summed E-state index contributed by atoms with van der Waals surface area (Å²) in [6.45, 7) is 7.67. The molecule has 0 spiro atoms. The van der Waals surface area contributed by atoms with E-state index in [0.717, 1.165) is 13.1 Å². The van der Waals surface area contributed by atoms with Crippen LogP contribution in [0.5, 0.6) is 5.75 Å². The summed E-state index contributed by atoms with van der Waals surface area (Å²) in [5.41, 5.74) is 3.76. The number of aryl methyl sites for hydroxylation is 1. The van der Waals surface area contributed by atoms with Crippen LogP contribution < -0.4 is 9.64 Å². The number of hydrogen-bond acceptors (Lipinski definition) is 5. The molecule has 0 bridgehead atoms. The molecule has 4 rings (SSSR count). The molecule has 2 aliphatic rings. The van der Waals surface area contributed by atoms with Crippen molar-refractivity contribution >= 4 is 33.2 Å². The second-order valence-electron chi connectivity index (χ2n) is 9.03. The molecule has 2 fully saturated rings. The highest BCUT2D eigenvalue weighted by atomic mass is 35.5. The Morgan fingerprint density at radius 2 is 1.79 bits per heavy atom. The summed E-state index contributed by atoms with van der Waals surface area (Å²) in [5, 5.41) is 0.245. The van der Waals surface area contributed by atoms with Gasteiger partial charge < -0.3 is 14.5 Å². The first kappa shape index (κ1) is 24.8. The van der Waals surface area contributed by atoms with Crippen LogP contribution in [0.2, 0.25) is 5.02 Å². The zero-order valence-corrected chi connectivity index (χ0v) is 21.5. The minimum absolute atomic E-state index is 0.0493. The molecule has 2 aromatic carbocycles. The van der Waals surface area contributed by atoms with Crippen molar-refractivity contribution in [2.45, 2.75) is 31.6 Å². The Labute approximate surface area is 207 Å². The molecular formula is C25H32ClN3O4S. The van der Waals surface area contributed by atoms with Gasteiger partial charge in [0, 0.05) is 45.0 Å². The Balaban J connectivity index is 1.41. The average Bonchev–Trinajstić information content (AvgIpc) is 2.85. The summed E-state index contributed by atoms with van der Waals surface area (Å²) < 4.78 is 33.0. The fourth-order valence-electron chi connectivity index (χ4n) is 4.82. The van der Waals surface area contributed by atoms with Crippen LogP contribution in [0.25, 0.3) is 0 Å². The van der Waals surface area contributed by atoms with Gasteiger partial charge in [-0.25, -0.2) is 8.42 Å². The van der Waals surface area contributed by atoms with Crippen LogP contribution in [0, 0.1) is 19.8 Å². The van der Waals surface area contributed by atoms with Crippen LogP contribution in [0.4, 0.5) is 5.69 Å². The number of carbonyl (C=O) groups excluding carboxylic acids is 1. The van der Waals surface area contributed by atoms with Crippen LogP contribution in [-0.4, -0.2) is 69.9 Å². The first-order chi connectivity index (χ1) is 16.2. The first-order valence-corrected chi connectivity index (χ1v) is 13.5. The van der Waals surface area contributed by atoms with E-state index in [1.807, 2.05) is 4.90 Å². The van der Waals surface area contributed by atoms with E-state index in [1.54, 1.807) is 6.07 Å². The van der Waals surface area contributed by atoms with E-state index in [4.69, 9.17) is 16.3 Å². The standard InChI is InChI=1S/C25H32ClN3O4S/c1-18-6-4-8-23(19(18)2)27-12-14-28(15-13-27)25(30)20-7-5-11-29(17-20)34(31,32)21-9-10-24(33-3)22(26)16-21/h4,6,8-10,16,20H,5,7,11-15,17H2,1-3H3/t20-/m0/s1. The van der Waals surface area contributed by atoms with Gasteiger partial charge in [-0.3, -0.25) is 4.79 Å². The van der Waals surface area contributed by atoms with E-state index in [2.05, 4.69) is 36.9 Å². The third-order valence-corrected chi connectivity index (χ3v) is 9.16. The molecule has 2 aliphatic heterocycles. The monoisotopic (exact) mass is 505 g/mol. The lowest BCUT2D eigenvalue weighted by Gasteiger charge is -2.40. The highest BCUT2D eigenvalue weighted by Crippen LogP contribution is 2.31. The summed E-state index contributed by atoms with van der Waals surface area (Å²) in [4.78, 5) is 17.7. The molecule has 0 aromatic heterocycles. The fourth-order valence-corrected chi connectivity index (χ4v) is 6.70. The summed E-state index contributed by atoms with van der Waals surface area (Å²) in [5.74, 6) is 0.144. The molecule has 0 saturated carbocycles. The van der Waals surface area contributed by atoms with Crippen molar-refractivity contribution in [2.24, 2.45) is 5.92 Å². The first-order valence-electron chi connectivity index (χ1n) is 11.7. The largest absolute Gasteiger partial charge is 0.495 e. The molecule has 184 valence electrons. The van der Waals surface area contributed by atoms with Crippen molar-refractivity contribution in [1.82, 2.24) is 9.21 Å². The van der Waals surface area contributed by atoms with Crippen LogP contribution in [0.15, 0.2) is 41.3 Å². The Morgan fingerprint density at radius 1 is 1.06 bits per heavy atom. The van der Waals surface area contributed by atoms with Crippen molar-refractivity contribution in [3.63, 3.8) is 0 Å². The highest BCUT2D eigenvalue weighted by Gasteiger charge is 2.36. The zero-order chi connectivity index (χ0) is 24.5. The Kier molecular flexibility index (Phi) is 7.40. The highest BCUT2D eigenvalue weighted by molar-refractivity contribution is 7.89. The molecule has 0 unspecified atom stereocenters. The molecule has 0 N–H and O–H groups in total. The Morgan fingerprint density at radius 3 is 2.47 bits per heavy atom. The van der Waals surface area contributed by atoms with E-state index in [0.29, 0.717) is 38.2 Å². The molecule has 0 radical (unpaired) electrons. The lowest BCUT2D eigenvalue weighted by molar-refractivity contribution is -0.137. The maximum atomic E-state index is 13.3. The molecule has 1 amide bonds. The number of benzene rings is 2. The van der Waals surface area contributed by atoms with Gasteiger partial charge in [0.05, 0.1) is 22.9 Å². The van der Waals surface area contributed by atoms with Gasteiger partial charge >= 0.3 is 0 Å². The lowest BCUT2D eigenvalue weighted by Crippen LogP contribution is -2.53. The Hall–Kier alpha value is -2.29. The minimum atomic E-state index is -3.75. The van der Waals surface area contributed by atoms with Crippen LogP contribution in [0.3, 0.4) is 0 Å². The summed E-state index contributed by atoms with van der Waals surface area (Å²) >= 11 is 6.16.